The van der Waals surface area contributed by atoms with E-state index in [1.54, 1.807) is 0 Å². The van der Waals surface area contributed by atoms with Crippen LogP contribution in [-0.2, 0) is 21.4 Å². The monoisotopic (exact) mass is 499 g/mol. The number of esters is 1. The van der Waals surface area contributed by atoms with Crippen LogP contribution in [0.25, 0.3) is 11.0 Å². The fourth-order valence-electron chi connectivity index (χ4n) is 4.43. The van der Waals surface area contributed by atoms with Crippen LogP contribution in [0.15, 0.2) is 50.5 Å². The highest BCUT2D eigenvalue weighted by atomic mass is 32.2. The standard InChI is InChI=1S/C26H29NO7S/c1-16(2)20-14-21-19(13-25(28)34-23(21)11-17(20)3)15-33-26(29)18-7-8-22(32-4)24(12-18)35(30,31)27-9-5-6-10-27/h7-8,11-14,16H,5-6,9-10,15H2,1-4H3. The zero-order valence-corrected chi connectivity index (χ0v) is 21.1. The summed E-state index contributed by atoms with van der Waals surface area (Å²) in [5.41, 5.74) is 2.60. The lowest BCUT2D eigenvalue weighted by Crippen LogP contribution is -2.28. The third-order valence-electron chi connectivity index (χ3n) is 6.28. The molecule has 4 rings (SSSR count). The summed E-state index contributed by atoms with van der Waals surface area (Å²) in [4.78, 5) is 24.9. The van der Waals surface area contributed by atoms with Crippen molar-refractivity contribution in [3.63, 3.8) is 0 Å². The minimum atomic E-state index is -3.81. The summed E-state index contributed by atoms with van der Waals surface area (Å²) in [6, 6.07) is 9.27. The van der Waals surface area contributed by atoms with Gasteiger partial charge in [0.2, 0.25) is 10.0 Å². The normalized spacial score (nSPS) is 14.5. The number of hydrogen-bond acceptors (Lipinski definition) is 7. The Morgan fingerprint density at radius 1 is 1.11 bits per heavy atom. The van der Waals surface area contributed by atoms with Crippen LogP contribution in [0.5, 0.6) is 5.75 Å². The predicted octanol–water partition coefficient (Wildman–Crippen LogP) is 4.37. The van der Waals surface area contributed by atoms with Gasteiger partial charge in [0, 0.05) is 30.1 Å². The van der Waals surface area contributed by atoms with Gasteiger partial charge in [0.1, 0.15) is 22.8 Å². The molecule has 2 heterocycles. The van der Waals surface area contributed by atoms with E-state index < -0.39 is 21.6 Å². The molecule has 0 saturated carbocycles. The SMILES string of the molecule is COc1ccc(C(=O)OCc2cc(=O)oc3cc(C)c(C(C)C)cc23)cc1S(=O)(=O)N1CCCC1. The molecule has 35 heavy (non-hydrogen) atoms. The third-order valence-corrected chi connectivity index (χ3v) is 8.20. The van der Waals surface area contributed by atoms with Gasteiger partial charge in [0.25, 0.3) is 0 Å². The summed E-state index contributed by atoms with van der Waals surface area (Å²) in [6.07, 6.45) is 1.58. The molecule has 0 aliphatic carbocycles. The van der Waals surface area contributed by atoms with Crippen molar-refractivity contribution < 1.29 is 27.1 Å². The summed E-state index contributed by atoms with van der Waals surface area (Å²) in [5.74, 6) is -0.281. The van der Waals surface area contributed by atoms with Crippen LogP contribution in [0.2, 0.25) is 0 Å². The number of sulfonamides is 1. The van der Waals surface area contributed by atoms with Crippen molar-refractivity contribution in [3.8, 4) is 5.75 Å². The molecule has 0 bridgehead atoms. The Hall–Kier alpha value is -3.17. The molecule has 9 heteroatoms. The van der Waals surface area contributed by atoms with Gasteiger partial charge in [-0.2, -0.15) is 4.31 Å². The van der Waals surface area contributed by atoms with E-state index in [1.165, 1.54) is 35.7 Å². The zero-order valence-electron chi connectivity index (χ0n) is 20.3. The molecule has 1 aliphatic rings. The van der Waals surface area contributed by atoms with E-state index in [0.29, 0.717) is 29.6 Å². The van der Waals surface area contributed by atoms with E-state index in [0.717, 1.165) is 24.0 Å². The molecule has 1 aliphatic heterocycles. The first kappa shape index (κ1) is 24.9. The van der Waals surface area contributed by atoms with Gasteiger partial charge in [0.05, 0.1) is 12.7 Å². The Morgan fingerprint density at radius 3 is 2.49 bits per heavy atom. The number of ether oxygens (including phenoxy) is 2. The second-order valence-corrected chi connectivity index (χ2v) is 10.9. The summed E-state index contributed by atoms with van der Waals surface area (Å²) < 4.78 is 43.7. The molecule has 0 amide bonds. The number of hydrogen-bond donors (Lipinski definition) is 0. The van der Waals surface area contributed by atoms with Gasteiger partial charge < -0.3 is 13.9 Å². The predicted molar refractivity (Wildman–Crippen MR) is 131 cm³/mol. The van der Waals surface area contributed by atoms with Crippen LogP contribution < -0.4 is 10.4 Å². The van der Waals surface area contributed by atoms with Gasteiger partial charge in [0.15, 0.2) is 0 Å². The lowest BCUT2D eigenvalue weighted by Gasteiger charge is -2.18. The Bertz CT molecular complexity index is 1430. The van der Waals surface area contributed by atoms with Crippen LogP contribution >= 0.6 is 0 Å². The highest BCUT2D eigenvalue weighted by molar-refractivity contribution is 7.89. The minimum absolute atomic E-state index is 0.0702. The quantitative estimate of drug-likeness (QED) is 0.351. The van der Waals surface area contributed by atoms with Crippen molar-refractivity contribution >= 4 is 27.0 Å². The molecule has 3 aromatic rings. The van der Waals surface area contributed by atoms with Gasteiger partial charge in [-0.25, -0.2) is 18.0 Å². The van der Waals surface area contributed by atoms with E-state index in [9.17, 15) is 18.0 Å². The average Bonchev–Trinajstić information content (AvgIpc) is 3.37. The van der Waals surface area contributed by atoms with Gasteiger partial charge in [-0.15, -0.1) is 0 Å². The maximum absolute atomic E-state index is 13.1. The van der Waals surface area contributed by atoms with Crippen LogP contribution in [-0.4, -0.2) is 38.9 Å². The molecule has 1 fully saturated rings. The molecule has 0 unspecified atom stereocenters. The fourth-order valence-corrected chi connectivity index (χ4v) is 6.13. The van der Waals surface area contributed by atoms with Crippen LogP contribution in [0.4, 0.5) is 0 Å². The van der Waals surface area contributed by atoms with Gasteiger partial charge >= 0.3 is 11.6 Å². The minimum Gasteiger partial charge on any atom is -0.495 e. The summed E-state index contributed by atoms with van der Waals surface area (Å²) in [6.45, 7) is 6.80. The summed E-state index contributed by atoms with van der Waals surface area (Å²) >= 11 is 0. The first-order chi connectivity index (χ1) is 16.6. The first-order valence-electron chi connectivity index (χ1n) is 11.5. The number of methoxy groups -OCH3 is 1. The lowest BCUT2D eigenvalue weighted by atomic mass is 9.95. The van der Waals surface area contributed by atoms with E-state index in [4.69, 9.17) is 13.9 Å². The molecule has 2 aromatic carbocycles. The number of rotatable bonds is 7. The number of benzene rings is 2. The van der Waals surface area contributed by atoms with Crippen molar-refractivity contribution in [2.45, 2.75) is 51.0 Å². The number of carbonyl (C=O) groups excluding carboxylic acids is 1. The molecular formula is C26H29NO7S. The highest BCUT2D eigenvalue weighted by Gasteiger charge is 2.31. The van der Waals surface area contributed by atoms with Crippen molar-refractivity contribution in [1.82, 2.24) is 4.31 Å². The molecule has 0 spiro atoms. The van der Waals surface area contributed by atoms with Crippen LogP contribution in [0.3, 0.4) is 0 Å². The van der Waals surface area contributed by atoms with Crippen molar-refractivity contribution in [2.24, 2.45) is 0 Å². The average molecular weight is 500 g/mol. The van der Waals surface area contributed by atoms with Crippen LogP contribution in [0.1, 0.15) is 59.7 Å². The molecule has 0 radical (unpaired) electrons. The van der Waals surface area contributed by atoms with Crippen molar-refractivity contribution in [2.75, 3.05) is 20.2 Å². The maximum atomic E-state index is 13.1. The number of fused-ring (bicyclic) bond motifs is 1. The molecular weight excluding hydrogens is 470 g/mol. The topological polar surface area (TPSA) is 103 Å². The van der Waals surface area contributed by atoms with Gasteiger partial charge in [-0.1, -0.05) is 13.8 Å². The molecule has 0 N–H and O–H groups in total. The fraction of sp³-hybridized carbons (Fsp3) is 0.385. The van der Waals surface area contributed by atoms with E-state index >= 15 is 0 Å². The summed E-state index contributed by atoms with van der Waals surface area (Å²) in [5, 5.41) is 0.693. The molecule has 1 aromatic heterocycles. The second kappa shape index (κ2) is 9.83. The Labute approximate surface area is 204 Å². The smallest absolute Gasteiger partial charge is 0.338 e. The molecule has 0 atom stereocenters. The molecule has 8 nitrogen and oxygen atoms in total. The highest BCUT2D eigenvalue weighted by Crippen LogP contribution is 2.31. The first-order valence-corrected chi connectivity index (χ1v) is 13.0. The third kappa shape index (κ3) is 4.97. The van der Waals surface area contributed by atoms with E-state index in [-0.39, 0.29) is 28.7 Å². The number of aryl methyl sites for hydroxylation is 1. The van der Waals surface area contributed by atoms with Crippen molar-refractivity contribution in [1.29, 1.82) is 0 Å². The Morgan fingerprint density at radius 2 is 1.83 bits per heavy atom. The number of carbonyl (C=O) groups is 1. The maximum Gasteiger partial charge on any atom is 0.338 e. The van der Waals surface area contributed by atoms with Gasteiger partial charge in [-0.3, -0.25) is 0 Å². The lowest BCUT2D eigenvalue weighted by molar-refractivity contribution is 0.0473. The second-order valence-electron chi connectivity index (χ2n) is 9.00. The zero-order chi connectivity index (χ0) is 25.3. The molecule has 1 saturated heterocycles. The number of nitrogens with zero attached hydrogens (tertiary/aromatic N) is 1. The molecule has 186 valence electrons. The largest absolute Gasteiger partial charge is 0.495 e. The Balaban J connectivity index is 1.64. The van der Waals surface area contributed by atoms with Crippen LogP contribution in [0, 0.1) is 6.92 Å². The van der Waals surface area contributed by atoms with Crippen molar-refractivity contribution in [3.05, 3.63) is 69.1 Å². The summed E-state index contributed by atoms with van der Waals surface area (Å²) in [7, 11) is -2.42. The Kier molecular flexibility index (Phi) is 7.00. The van der Waals surface area contributed by atoms with Gasteiger partial charge in [-0.05, 0) is 67.1 Å². The van der Waals surface area contributed by atoms with E-state index in [2.05, 4.69) is 13.8 Å². The van der Waals surface area contributed by atoms with E-state index in [1.807, 2.05) is 19.1 Å².